The Morgan fingerprint density at radius 1 is 1.57 bits per heavy atom. The topological polar surface area (TPSA) is 40.1 Å². The standard InChI is InChI=1S/C2H4O2.Ag.ClH.Gd/c1-2(3)4;;;/h1H3,(H,3,4);;1H;/q;+1;;+3/p-2. The Morgan fingerprint density at radius 2 is 1.57 bits per heavy atom. The smallest absolute Gasteiger partial charge is 1.00 e. The summed E-state index contributed by atoms with van der Waals surface area (Å²) in [6.45, 7) is 0.972. The SMILES string of the molecule is CC(=O)[O-].[Ag+].[Cl-].[Gd+3]. The van der Waals surface area contributed by atoms with E-state index in [4.69, 9.17) is 9.90 Å². The third-order valence-corrected chi connectivity index (χ3v) is 0. The second-order valence-corrected chi connectivity index (χ2v) is 0.492. The summed E-state index contributed by atoms with van der Waals surface area (Å²) in [5.74, 6) is -1.08. The van der Waals surface area contributed by atoms with Crippen molar-refractivity contribution in [3.8, 4) is 0 Å². The van der Waals surface area contributed by atoms with Crippen LogP contribution in [0.2, 0.25) is 0 Å². The van der Waals surface area contributed by atoms with Gasteiger partial charge in [-0.2, -0.15) is 0 Å². The van der Waals surface area contributed by atoms with Crippen LogP contribution in [0.3, 0.4) is 0 Å². The molecule has 0 saturated heterocycles. The number of hydrogen-bond donors (Lipinski definition) is 0. The van der Waals surface area contributed by atoms with Crippen molar-refractivity contribution in [2.24, 2.45) is 0 Å². The maximum atomic E-state index is 8.89. The van der Waals surface area contributed by atoms with Gasteiger partial charge >= 0.3 is 62.3 Å². The van der Waals surface area contributed by atoms with Crippen molar-refractivity contribution in [2.45, 2.75) is 6.92 Å². The second-order valence-electron chi connectivity index (χ2n) is 0.492. The molecule has 0 N–H and O–H groups in total. The zero-order chi connectivity index (χ0) is 3.58. The molecule has 0 aromatic rings. The molecule has 0 aromatic carbocycles. The van der Waals surface area contributed by atoms with Crippen LogP contribution in [0, 0.1) is 39.9 Å². The molecular weight excluding hydrogens is 357 g/mol. The van der Waals surface area contributed by atoms with E-state index in [9.17, 15) is 0 Å². The minimum absolute atomic E-state index is 0. The largest absolute Gasteiger partial charge is 3.00 e. The van der Waals surface area contributed by atoms with Gasteiger partial charge in [0.2, 0.25) is 0 Å². The van der Waals surface area contributed by atoms with Gasteiger partial charge in [0.25, 0.3) is 0 Å². The van der Waals surface area contributed by atoms with Crippen LogP contribution in [-0.2, 0) is 27.2 Å². The molecule has 0 rings (SSSR count). The van der Waals surface area contributed by atoms with Crippen molar-refractivity contribution < 1.29 is 84.6 Å². The number of carbonyl (C=O) groups excluding carboxylic acids is 1. The van der Waals surface area contributed by atoms with E-state index in [1.165, 1.54) is 0 Å². The van der Waals surface area contributed by atoms with Gasteiger partial charge in [-0.25, -0.2) is 0 Å². The van der Waals surface area contributed by atoms with Crippen molar-refractivity contribution in [3.05, 3.63) is 0 Å². The molecule has 0 heterocycles. The van der Waals surface area contributed by atoms with Gasteiger partial charge in [0.05, 0.1) is 0 Å². The molecule has 0 atom stereocenters. The molecule has 0 spiro atoms. The number of carboxylic acid groups (broad SMARTS) is 1. The van der Waals surface area contributed by atoms with Crippen molar-refractivity contribution in [3.63, 3.8) is 0 Å². The van der Waals surface area contributed by atoms with E-state index < -0.39 is 5.97 Å². The molecule has 0 fully saturated rings. The first-order chi connectivity index (χ1) is 1.73. The van der Waals surface area contributed by atoms with E-state index >= 15 is 0 Å². The number of carbonyl (C=O) groups is 1. The molecule has 7 heavy (non-hydrogen) atoms. The summed E-state index contributed by atoms with van der Waals surface area (Å²) in [5.41, 5.74) is 0. The molecule has 0 saturated carbocycles. The number of halogens is 1. The summed E-state index contributed by atoms with van der Waals surface area (Å²) < 4.78 is 0. The predicted octanol–water partition coefficient (Wildman–Crippen LogP) is -4.24. The molecule has 1 radical (unpaired) electrons. The normalized spacial score (nSPS) is 3.57. The zero-order valence-corrected chi connectivity index (χ0v) is 7.86. The molecule has 0 aliphatic heterocycles. The molecule has 0 bridgehead atoms. The molecule has 5 heteroatoms. The summed E-state index contributed by atoms with van der Waals surface area (Å²) >= 11 is 0. The molecule has 0 amide bonds. The van der Waals surface area contributed by atoms with Crippen LogP contribution in [0.25, 0.3) is 0 Å². The van der Waals surface area contributed by atoms with Gasteiger partial charge in [0.15, 0.2) is 0 Å². The van der Waals surface area contributed by atoms with Crippen molar-refractivity contribution >= 4 is 5.97 Å². The Balaban J connectivity index is -0.0000000150. The summed E-state index contributed by atoms with van der Waals surface area (Å²) in [7, 11) is 0. The Bertz CT molecular complexity index is 38.7. The van der Waals surface area contributed by atoms with Gasteiger partial charge in [-0.3, -0.25) is 0 Å². The van der Waals surface area contributed by atoms with Crippen molar-refractivity contribution in [1.29, 1.82) is 0 Å². The maximum absolute atomic E-state index is 8.89. The average Bonchev–Trinajstić information content (AvgIpc) is 0.811. The Morgan fingerprint density at radius 3 is 1.57 bits per heavy atom. The van der Waals surface area contributed by atoms with Gasteiger partial charge in [-0.05, 0) is 6.92 Å². The summed E-state index contributed by atoms with van der Waals surface area (Å²) in [5, 5.41) is 8.89. The van der Waals surface area contributed by atoms with E-state index in [0.29, 0.717) is 0 Å². The van der Waals surface area contributed by atoms with Crippen LogP contribution >= 0.6 is 0 Å². The molecule has 0 aromatic heterocycles. The number of carboxylic acids is 1. The summed E-state index contributed by atoms with van der Waals surface area (Å²) in [4.78, 5) is 8.89. The van der Waals surface area contributed by atoms with Crippen LogP contribution in [-0.4, -0.2) is 5.97 Å². The van der Waals surface area contributed by atoms with Crippen LogP contribution in [0.1, 0.15) is 6.92 Å². The summed E-state index contributed by atoms with van der Waals surface area (Å²) in [6.07, 6.45) is 0. The molecule has 2 nitrogen and oxygen atoms in total. The van der Waals surface area contributed by atoms with Gasteiger partial charge in [-0.15, -0.1) is 0 Å². The van der Waals surface area contributed by atoms with Crippen molar-refractivity contribution in [2.75, 3.05) is 0 Å². The molecule has 47 valence electrons. The molecule has 0 aliphatic rings. The van der Waals surface area contributed by atoms with E-state index in [2.05, 4.69) is 0 Å². The monoisotopic (exact) mass is 359 g/mol. The van der Waals surface area contributed by atoms with Crippen LogP contribution in [0.4, 0.5) is 0 Å². The third-order valence-electron chi connectivity index (χ3n) is 0. The Kier molecular flexibility index (Phi) is 51.9. The first kappa shape index (κ1) is 23.2. The van der Waals surface area contributed by atoms with Gasteiger partial charge in [-0.1, -0.05) is 0 Å². The molecule has 0 aliphatic carbocycles. The number of hydrogen-bond acceptors (Lipinski definition) is 2. The zero-order valence-electron chi connectivity index (χ0n) is 3.35. The van der Waals surface area contributed by atoms with E-state index in [0.717, 1.165) is 6.92 Å². The molecular formula is C2H3AgClGdO2+2. The minimum atomic E-state index is -1.08. The predicted molar refractivity (Wildman–Crippen MR) is 10.7 cm³/mol. The maximum Gasteiger partial charge on any atom is 3.00 e. The quantitative estimate of drug-likeness (QED) is 0.411. The first-order valence-electron chi connectivity index (χ1n) is 0.908. The fraction of sp³-hybridized carbons (Fsp3) is 0.500. The van der Waals surface area contributed by atoms with Crippen LogP contribution in [0.15, 0.2) is 0 Å². The van der Waals surface area contributed by atoms with E-state index in [-0.39, 0.29) is 74.7 Å². The van der Waals surface area contributed by atoms with Gasteiger partial charge in [0, 0.05) is 5.97 Å². The number of aliphatic carboxylic acids is 1. The van der Waals surface area contributed by atoms with Crippen LogP contribution < -0.4 is 17.5 Å². The average molecular weight is 360 g/mol. The number of rotatable bonds is 0. The fourth-order valence-electron chi connectivity index (χ4n) is 0. The van der Waals surface area contributed by atoms with Gasteiger partial charge in [0.1, 0.15) is 0 Å². The summed E-state index contributed by atoms with van der Waals surface area (Å²) in [6, 6.07) is 0. The molecule has 0 unspecified atom stereocenters. The van der Waals surface area contributed by atoms with Crippen LogP contribution in [0.5, 0.6) is 0 Å². The first-order valence-corrected chi connectivity index (χ1v) is 0.908. The Labute approximate surface area is 96.0 Å². The van der Waals surface area contributed by atoms with Gasteiger partial charge < -0.3 is 22.3 Å². The second kappa shape index (κ2) is 15.7. The fourth-order valence-corrected chi connectivity index (χ4v) is 0. The van der Waals surface area contributed by atoms with E-state index in [1.807, 2.05) is 0 Å². The third kappa shape index (κ3) is 79.7. The van der Waals surface area contributed by atoms with Crippen molar-refractivity contribution in [1.82, 2.24) is 0 Å². The minimum Gasteiger partial charge on any atom is -1.00 e. The van der Waals surface area contributed by atoms with E-state index in [1.54, 1.807) is 0 Å². The Hall–Kier alpha value is 1.82.